The van der Waals surface area contributed by atoms with Crippen molar-refractivity contribution in [1.82, 2.24) is 0 Å². The summed E-state index contributed by atoms with van der Waals surface area (Å²) in [7, 11) is 0. The first-order valence-corrected chi connectivity index (χ1v) is 6.40. The molecule has 5 heteroatoms. The Morgan fingerprint density at radius 3 is 2.33 bits per heavy atom. The van der Waals surface area contributed by atoms with E-state index in [1.54, 1.807) is 13.8 Å². The summed E-state index contributed by atoms with van der Waals surface area (Å²) in [6.45, 7) is 7.26. The van der Waals surface area contributed by atoms with E-state index in [0.717, 1.165) is 0 Å². The molecule has 0 fully saturated rings. The summed E-state index contributed by atoms with van der Waals surface area (Å²) >= 11 is 5.57. The van der Waals surface area contributed by atoms with Crippen LogP contribution in [0.25, 0.3) is 0 Å². The summed E-state index contributed by atoms with van der Waals surface area (Å²) in [5.74, 6) is -1.79. The number of rotatable bonds is 7. The van der Waals surface area contributed by atoms with Gasteiger partial charge in [-0.15, -0.1) is 0 Å². The summed E-state index contributed by atoms with van der Waals surface area (Å²) in [5.41, 5.74) is 0.407. The van der Waals surface area contributed by atoms with Crippen LogP contribution in [0.1, 0.15) is 40.5 Å². The lowest BCUT2D eigenvalue weighted by atomic mass is 9.75. The second kappa shape index (κ2) is 7.41. The van der Waals surface area contributed by atoms with Gasteiger partial charge in [0.15, 0.2) is 5.41 Å². The lowest BCUT2D eigenvalue weighted by Crippen LogP contribution is -2.42. The van der Waals surface area contributed by atoms with E-state index in [2.05, 4.69) is 0 Å². The van der Waals surface area contributed by atoms with Gasteiger partial charge in [0.05, 0.1) is 6.61 Å². The van der Waals surface area contributed by atoms with Gasteiger partial charge in [-0.2, -0.15) is 0 Å². The van der Waals surface area contributed by atoms with E-state index in [1.807, 2.05) is 13.8 Å². The Labute approximate surface area is 113 Å². The molecule has 0 saturated carbocycles. The maximum absolute atomic E-state index is 12.0. The Hall–Kier alpha value is -1.03. The minimum atomic E-state index is -1.54. The van der Waals surface area contributed by atoms with Gasteiger partial charge >= 0.3 is 11.9 Å². The number of aliphatic carboxylic acids is 1. The highest BCUT2D eigenvalue weighted by molar-refractivity contribution is 6.25. The number of carbonyl (C=O) groups excluding carboxylic acids is 1. The average molecular weight is 277 g/mol. The number of hydrogen-bond acceptors (Lipinski definition) is 3. The zero-order valence-corrected chi connectivity index (χ0v) is 12.1. The van der Waals surface area contributed by atoms with Crippen LogP contribution in [0.2, 0.25) is 0 Å². The van der Waals surface area contributed by atoms with Gasteiger partial charge in [-0.05, 0) is 32.6 Å². The molecule has 0 radical (unpaired) electrons. The van der Waals surface area contributed by atoms with Gasteiger partial charge in [0.2, 0.25) is 0 Å². The molecule has 0 aromatic heterocycles. The number of ether oxygens (including phenoxy) is 1. The predicted octanol–water partition coefficient (Wildman–Crippen LogP) is 3.20. The molecule has 0 saturated heterocycles. The van der Waals surface area contributed by atoms with E-state index in [1.165, 1.54) is 5.54 Å². The molecule has 1 unspecified atom stereocenters. The second-order valence-corrected chi connectivity index (χ2v) is 5.06. The molecule has 0 bridgehead atoms. The standard InChI is InChI=1S/C13H21ClO4/c1-5-18-12(17)13(11(15)16,6-9(2)3)7-10(4)8-14/h8-9H,5-7H2,1-4H3,(H,15,16). The number of hydrogen-bond donors (Lipinski definition) is 1. The molecule has 104 valence electrons. The summed E-state index contributed by atoms with van der Waals surface area (Å²) in [6, 6.07) is 0. The SMILES string of the molecule is CCOC(=O)C(CC(C)=CCl)(CC(C)C)C(=O)O. The highest BCUT2D eigenvalue weighted by Crippen LogP contribution is 2.35. The Bertz CT molecular complexity index is 336. The third kappa shape index (κ3) is 4.33. The Kier molecular flexibility index (Phi) is 6.99. The van der Waals surface area contributed by atoms with Gasteiger partial charge in [0, 0.05) is 5.54 Å². The van der Waals surface area contributed by atoms with Crippen molar-refractivity contribution in [3.05, 3.63) is 11.1 Å². The van der Waals surface area contributed by atoms with Gasteiger partial charge in [-0.3, -0.25) is 9.59 Å². The third-order valence-electron chi connectivity index (χ3n) is 2.60. The number of allylic oxidation sites excluding steroid dienone is 1. The Morgan fingerprint density at radius 1 is 1.44 bits per heavy atom. The van der Waals surface area contributed by atoms with Crippen LogP contribution in [0.15, 0.2) is 11.1 Å². The van der Waals surface area contributed by atoms with E-state index in [0.29, 0.717) is 5.57 Å². The fraction of sp³-hybridized carbons (Fsp3) is 0.692. The molecule has 4 nitrogen and oxygen atoms in total. The van der Waals surface area contributed by atoms with Crippen LogP contribution in [0, 0.1) is 11.3 Å². The van der Waals surface area contributed by atoms with Crippen molar-refractivity contribution >= 4 is 23.5 Å². The first kappa shape index (κ1) is 17.0. The Morgan fingerprint density at radius 2 is 2.00 bits per heavy atom. The number of halogens is 1. The highest BCUT2D eigenvalue weighted by atomic mass is 35.5. The summed E-state index contributed by atoms with van der Waals surface area (Å²) in [6.07, 6.45) is 0.298. The van der Waals surface area contributed by atoms with E-state index in [9.17, 15) is 14.7 Å². The summed E-state index contributed by atoms with van der Waals surface area (Å²) in [5, 5.41) is 9.44. The van der Waals surface area contributed by atoms with Gasteiger partial charge in [-0.1, -0.05) is 31.0 Å². The minimum Gasteiger partial charge on any atom is -0.480 e. The molecule has 0 aromatic rings. The van der Waals surface area contributed by atoms with Crippen molar-refractivity contribution in [2.45, 2.75) is 40.5 Å². The fourth-order valence-corrected chi connectivity index (χ4v) is 2.04. The number of carboxylic acids is 1. The number of carboxylic acid groups (broad SMARTS) is 1. The maximum Gasteiger partial charge on any atom is 0.323 e. The second-order valence-electron chi connectivity index (χ2n) is 4.84. The summed E-state index contributed by atoms with van der Waals surface area (Å²) < 4.78 is 4.92. The molecule has 0 spiro atoms. The van der Waals surface area contributed by atoms with Gasteiger partial charge in [0.1, 0.15) is 0 Å². The predicted molar refractivity (Wildman–Crippen MR) is 70.4 cm³/mol. The van der Waals surface area contributed by atoms with Gasteiger partial charge < -0.3 is 9.84 Å². The van der Waals surface area contributed by atoms with Crippen molar-refractivity contribution in [3.63, 3.8) is 0 Å². The number of carbonyl (C=O) groups is 2. The molecule has 1 atom stereocenters. The average Bonchev–Trinajstić information content (AvgIpc) is 2.27. The molecular weight excluding hydrogens is 256 g/mol. The van der Waals surface area contributed by atoms with Crippen molar-refractivity contribution in [2.75, 3.05) is 6.61 Å². The molecule has 0 aromatic carbocycles. The molecule has 0 aliphatic heterocycles. The Balaban J connectivity index is 5.41. The monoisotopic (exact) mass is 276 g/mol. The zero-order valence-electron chi connectivity index (χ0n) is 11.3. The lowest BCUT2D eigenvalue weighted by Gasteiger charge is -2.29. The van der Waals surface area contributed by atoms with Crippen molar-refractivity contribution < 1.29 is 19.4 Å². The van der Waals surface area contributed by atoms with Crippen LogP contribution in [-0.4, -0.2) is 23.7 Å². The first-order valence-electron chi connectivity index (χ1n) is 5.96. The molecule has 0 rings (SSSR count). The molecular formula is C13H21ClO4. The smallest absolute Gasteiger partial charge is 0.323 e. The van der Waals surface area contributed by atoms with E-state index in [-0.39, 0.29) is 25.4 Å². The molecule has 1 N–H and O–H groups in total. The highest BCUT2D eigenvalue weighted by Gasteiger charge is 2.48. The topological polar surface area (TPSA) is 63.6 Å². The van der Waals surface area contributed by atoms with Crippen molar-refractivity contribution in [1.29, 1.82) is 0 Å². The first-order chi connectivity index (χ1) is 8.30. The molecule has 0 aliphatic carbocycles. The molecule has 18 heavy (non-hydrogen) atoms. The fourth-order valence-electron chi connectivity index (χ4n) is 1.96. The number of esters is 1. The normalized spacial score (nSPS) is 15.3. The summed E-state index contributed by atoms with van der Waals surface area (Å²) in [4.78, 5) is 23.6. The van der Waals surface area contributed by atoms with Crippen LogP contribution >= 0.6 is 11.6 Å². The van der Waals surface area contributed by atoms with Crippen molar-refractivity contribution in [2.24, 2.45) is 11.3 Å². The van der Waals surface area contributed by atoms with Gasteiger partial charge in [-0.25, -0.2) is 0 Å². The van der Waals surface area contributed by atoms with Crippen molar-refractivity contribution in [3.8, 4) is 0 Å². The van der Waals surface area contributed by atoms with Crippen LogP contribution in [0.5, 0.6) is 0 Å². The van der Waals surface area contributed by atoms with E-state index < -0.39 is 17.4 Å². The quantitative estimate of drug-likeness (QED) is 0.573. The largest absolute Gasteiger partial charge is 0.480 e. The van der Waals surface area contributed by atoms with Crippen LogP contribution in [-0.2, 0) is 14.3 Å². The molecule has 0 heterocycles. The van der Waals surface area contributed by atoms with Crippen LogP contribution < -0.4 is 0 Å². The van der Waals surface area contributed by atoms with Gasteiger partial charge in [0.25, 0.3) is 0 Å². The third-order valence-corrected chi connectivity index (χ3v) is 2.97. The van der Waals surface area contributed by atoms with E-state index >= 15 is 0 Å². The maximum atomic E-state index is 12.0. The van der Waals surface area contributed by atoms with E-state index in [4.69, 9.17) is 16.3 Å². The minimum absolute atomic E-state index is 0.0635. The molecule has 0 amide bonds. The lowest BCUT2D eigenvalue weighted by molar-refractivity contribution is -0.170. The molecule has 0 aliphatic rings. The van der Waals surface area contributed by atoms with Crippen LogP contribution in [0.3, 0.4) is 0 Å². The van der Waals surface area contributed by atoms with Crippen LogP contribution in [0.4, 0.5) is 0 Å². The zero-order chi connectivity index (χ0) is 14.3.